The molecule has 2 aliphatic rings. The van der Waals surface area contributed by atoms with Crippen LogP contribution in [0, 0.1) is 5.92 Å². The topological polar surface area (TPSA) is 61.9 Å². The number of nitrogens with zero attached hydrogens (tertiary/aromatic N) is 2. The molecule has 0 aliphatic carbocycles. The molecule has 2 aromatic rings. The Morgan fingerprint density at radius 1 is 0.906 bits per heavy atom. The van der Waals surface area contributed by atoms with Gasteiger partial charge in [-0.3, -0.25) is 14.5 Å². The summed E-state index contributed by atoms with van der Waals surface area (Å²) in [6.07, 6.45) is 2.66. The Bertz CT molecular complexity index is 898. The molecule has 2 fully saturated rings. The number of rotatable bonds is 5. The van der Waals surface area contributed by atoms with E-state index < -0.39 is 0 Å². The van der Waals surface area contributed by atoms with Gasteiger partial charge in [0, 0.05) is 49.5 Å². The lowest BCUT2D eigenvalue weighted by Gasteiger charge is -2.39. The average Bonchev–Trinajstić information content (AvgIpc) is 2.79. The molecule has 6 nitrogen and oxygen atoms in total. The molecule has 6 heteroatoms. The molecule has 4 rings (SSSR count). The third-order valence-corrected chi connectivity index (χ3v) is 6.34. The minimum Gasteiger partial charge on any atom is -0.373 e. The molecule has 170 valence electrons. The van der Waals surface area contributed by atoms with Crippen LogP contribution in [0.15, 0.2) is 54.6 Å². The number of hydrogen-bond donors (Lipinski definition) is 1. The Hall–Kier alpha value is -2.70. The van der Waals surface area contributed by atoms with Crippen molar-refractivity contribution < 1.29 is 14.3 Å². The summed E-state index contributed by atoms with van der Waals surface area (Å²) >= 11 is 0. The maximum atomic E-state index is 12.9. The van der Waals surface area contributed by atoms with Crippen molar-refractivity contribution in [1.82, 2.24) is 9.80 Å². The number of carbonyl (C=O) groups excluding carboxylic acids is 2. The van der Waals surface area contributed by atoms with Crippen LogP contribution in [0.2, 0.25) is 0 Å². The highest BCUT2D eigenvalue weighted by atomic mass is 16.5. The second kappa shape index (κ2) is 10.3. The molecule has 2 heterocycles. The molecule has 2 aliphatic heterocycles. The summed E-state index contributed by atoms with van der Waals surface area (Å²) in [7, 11) is 0. The lowest BCUT2D eigenvalue weighted by molar-refractivity contribution is -0.0728. The van der Waals surface area contributed by atoms with Crippen LogP contribution in [-0.4, -0.2) is 66.5 Å². The van der Waals surface area contributed by atoms with E-state index >= 15 is 0 Å². The van der Waals surface area contributed by atoms with Crippen LogP contribution >= 0.6 is 0 Å². The van der Waals surface area contributed by atoms with Crippen molar-refractivity contribution >= 4 is 17.5 Å². The smallest absolute Gasteiger partial charge is 0.255 e. The van der Waals surface area contributed by atoms with E-state index in [1.807, 2.05) is 23.1 Å². The number of morpholine rings is 1. The van der Waals surface area contributed by atoms with Gasteiger partial charge in [-0.2, -0.15) is 0 Å². The van der Waals surface area contributed by atoms with Gasteiger partial charge < -0.3 is 15.0 Å². The second-order valence-corrected chi connectivity index (χ2v) is 9.11. The fourth-order valence-electron chi connectivity index (χ4n) is 4.79. The highest BCUT2D eigenvalue weighted by Crippen LogP contribution is 2.22. The van der Waals surface area contributed by atoms with Crippen molar-refractivity contribution in [2.75, 3.05) is 38.0 Å². The van der Waals surface area contributed by atoms with Gasteiger partial charge in [-0.05, 0) is 69.0 Å². The van der Waals surface area contributed by atoms with Crippen LogP contribution in [0.5, 0.6) is 0 Å². The van der Waals surface area contributed by atoms with Crippen molar-refractivity contribution in [2.24, 2.45) is 5.92 Å². The van der Waals surface area contributed by atoms with Gasteiger partial charge in [-0.15, -0.1) is 0 Å². The summed E-state index contributed by atoms with van der Waals surface area (Å²) in [6, 6.07) is 16.3. The number of likely N-dealkylation sites (tertiary alicyclic amines) is 1. The van der Waals surface area contributed by atoms with E-state index in [9.17, 15) is 9.59 Å². The van der Waals surface area contributed by atoms with Crippen molar-refractivity contribution in [3.8, 4) is 0 Å². The molecule has 1 N–H and O–H groups in total. The zero-order valence-electron chi connectivity index (χ0n) is 19.0. The minimum atomic E-state index is -0.157. The zero-order valence-corrected chi connectivity index (χ0v) is 19.0. The third-order valence-electron chi connectivity index (χ3n) is 6.34. The summed E-state index contributed by atoms with van der Waals surface area (Å²) < 4.78 is 5.84. The van der Waals surface area contributed by atoms with E-state index in [4.69, 9.17) is 4.74 Å². The van der Waals surface area contributed by atoms with Gasteiger partial charge in [0.1, 0.15) is 0 Å². The van der Waals surface area contributed by atoms with Crippen LogP contribution in [-0.2, 0) is 4.74 Å². The highest BCUT2D eigenvalue weighted by molar-refractivity contribution is 6.04. The van der Waals surface area contributed by atoms with Gasteiger partial charge in [0.15, 0.2) is 0 Å². The molecule has 2 aromatic carbocycles. The molecular formula is C26H33N3O3. The predicted octanol–water partition coefficient (Wildman–Crippen LogP) is 3.90. The summed E-state index contributed by atoms with van der Waals surface area (Å²) in [5.41, 5.74) is 1.96. The quantitative estimate of drug-likeness (QED) is 0.774. The molecule has 2 saturated heterocycles. The summed E-state index contributed by atoms with van der Waals surface area (Å²) in [5.74, 6) is 0.543. The van der Waals surface area contributed by atoms with Gasteiger partial charge >= 0.3 is 0 Å². The standard InChI is InChI=1S/C26H33N3O3/c1-19-16-28(17-20(2)32-19)18-21-12-14-29(15-13-21)26(31)23-8-10-24(11-9-23)27-25(30)22-6-4-3-5-7-22/h3-11,19-21H,12-18H2,1-2H3,(H,27,30). The van der Waals surface area contributed by atoms with Gasteiger partial charge in [0.25, 0.3) is 11.8 Å². The zero-order chi connectivity index (χ0) is 22.5. The fourth-order valence-corrected chi connectivity index (χ4v) is 4.79. The lowest BCUT2D eigenvalue weighted by atomic mass is 9.95. The fraction of sp³-hybridized carbons (Fsp3) is 0.462. The minimum absolute atomic E-state index is 0.0676. The van der Waals surface area contributed by atoms with Crippen LogP contribution in [0.3, 0.4) is 0 Å². The first kappa shape index (κ1) is 22.5. The summed E-state index contributed by atoms with van der Waals surface area (Å²) in [4.78, 5) is 29.7. The maximum Gasteiger partial charge on any atom is 0.255 e. The van der Waals surface area contributed by atoms with Gasteiger partial charge in [0.2, 0.25) is 0 Å². The van der Waals surface area contributed by atoms with Crippen LogP contribution in [0.4, 0.5) is 5.69 Å². The normalized spacial score (nSPS) is 22.5. The SMILES string of the molecule is CC1CN(CC2CCN(C(=O)c3ccc(NC(=O)c4ccccc4)cc3)CC2)CC(C)O1. The monoisotopic (exact) mass is 435 g/mol. The molecule has 0 spiro atoms. The van der Waals surface area contributed by atoms with E-state index in [1.54, 1.807) is 36.4 Å². The van der Waals surface area contributed by atoms with E-state index in [-0.39, 0.29) is 11.8 Å². The molecule has 0 aromatic heterocycles. The largest absolute Gasteiger partial charge is 0.373 e. The first-order valence-corrected chi connectivity index (χ1v) is 11.6. The first-order valence-electron chi connectivity index (χ1n) is 11.6. The lowest BCUT2D eigenvalue weighted by Crippen LogP contribution is -2.48. The van der Waals surface area contributed by atoms with E-state index in [0.29, 0.717) is 34.9 Å². The number of amides is 2. The van der Waals surface area contributed by atoms with Crippen molar-refractivity contribution in [3.63, 3.8) is 0 Å². The number of piperidine rings is 1. The Morgan fingerprint density at radius 2 is 1.53 bits per heavy atom. The maximum absolute atomic E-state index is 12.9. The Balaban J connectivity index is 1.26. The predicted molar refractivity (Wildman–Crippen MR) is 126 cm³/mol. The van der Waals surface area contributed by atoms with Gasteiger partial charge in [-0.1, -0.05) is 18.2 Å². The second-order valence-electron chi connectivity index (χ2n) is 9.11. The molecule has 0 saturated carbocycles. The molecule has 0 radical (unpaired) electrons. The number of ether oxygens (including phenoxy) is 1. The summed E-state index contributed by atoms with van der Waals surface area (Å²) in [6.45, 7) is 8.96. The Kier molecular flexibility index (Phi) is 7.22. The summed E-state index contributed by atoms with van der Waals surface area (Å²) in [5, 5.41) is 2.88. The highest BCUT2D eigenvalue weighted by Gasteiger charge is 2.28. The van der Waals surface area contributed by atoms with Crippen LogP contribution < -0.4 is 5.32 Å². The first-order chi connectivity index (χ1) is 15.5. The van der Waals surface area contributed by atoms with Gasteiger partial charge in [-0.25, -0.2) is 0 Å². The van der Waals surface area contributed by atoms with Crippen molar-refractivity contribution in [2.45, 2.75) is 38.9 Å². The number of nitrogens with one attached hydrogen (secondary N) is 1. The van der Waals surface area contributed by atoms with Crippen LogP contribution in [0.1, 0.15) is 47.4 Å². The Labute approximate surface area is 190 Å². The average molecular weight is 436 g/mol. The van der Waals surface area contributed by atoms with Crippen molar-refractivity contribution in [3.05, 3.63) is 65.7 Å². The number of benzene rings is 2. The van der Waals surface area contributed by atoms with Gasteiger partial charge in [0.05, 0.1) is 12.2 Å². The molecule has 2 unspecified atom stereocenters. The van der Waals surface area contributed by atoms with E-state index in [1.165, 1.54) is 0 Å². The third kappa shape index (κ3) is 5.75. The van der Waals surface area contributed by atoms with E-state index in [2.05, 4.69) is 24.1 Å². The van der Waals surface area contributed by atoms with Crippen molar-refractivity contribution in [1.29, 1.82) is 0 Å². The number of anilines is 1. The molecule has 2 atom stereocenters. The van der Waals surface area contributed by atoms with E-state index in [0.717, 1.165) is 45.6 Å². The number of carbonyl (C=O) groups is 2. The Morgan fingerprint density at radius 3 is 2.16 bits per heavy atom. The van der Waals surface area contributed by atoms with Crippen LogP contribution in [0.25, 0.3) is 0 Å². The molecular weight excluding hydrogens is 402 g/mol. The molecule has 32 heavy (non-hydrogen) atoms. The molecule has 0 bridgehead atoms. The number of hydrogen-bond acceptors (Lipinski definition) is 4. The molecule has 2 amide bonds.